The van der Waals surface area contributed by atoms with Gasteiger partial charge in [0.1, 0.15) is 4.88 Å². The number of aromatic carboxylic acids is 1. The topological polar surface area (TPSA) is 60.9 Å². The normalized spacial score (nSPS) is 25.9. The third-order valence-electron chi connectivity index (χ3n) is 7.10. The summed E-state index contributed by atoms with van der Waals surface area (Å²) in [6, 6.07) is 2.05. The number of anilines is 1. The number of carbonyl (C=O) groups is 2. The van der Waals surface area contributed by atoms with Gasteiger partial charge in [-0.3, -0.25) is 4.79 Å². The number of amides is 1. The minimum Gasteiger partial charge on any atom is -0.477 e. The van der Waals surface area contributed by atoms with Crippen LogP contribution in [0.1, 0.15) is 101 Å². The van der Waals surface area contributed by atoms with Crippen molar-refractivity contribution in [1.29, 1.82) is 0 Å². The molecule has 0 saturated heterocycles. The fourth-order valence-electron chi connectivity index (χ4n) is 4.91. The molecule has 2 aliphatic carbocycles. The Bertz CT molecular complexity index is 904. The zero-order valence-corrected chi connectivity index (χ0v) is 21.9. The molecule has 0 unspecified atom stereocenters. The Kier molecular flexibility index (Phi) is 8.29. The highest BCUT2D eigenvalue weighted by Gasteiger charge is 2.37. The Morgan fingerprint density at radius 1 is 1.00 bits per heavy atom. The second kappa shape index (κ2) is 10.6. The summed E-state index contributed by atoms with van der Waals surface area (Å²) < 4.78 is 0. The predicted octanol–water partition coefficient (Wildman–Crippen LogP) is 6.43. The average Bonchev–Trinajstić information content (AvgIpc) is 3.17. The van der Waals surface area contributed by atoms with E-state index in [4.69, 9.17) is 0 Å². The van der Waals surface area contributed by atoms with E-state index in [0.29, 0.717) is 22.4 Å². The van der Waals surface area contributed by atoms with Crippen LogP contribution in [0.5, 0.6) is 0 Å². The maximum Gasteiger partial charge on any atom is 0.348 e. The number of rotatable bonds is 5. The molecule has 0 radical (unpaired) electrons. The Labute approximate surface area is 203 Å². The Morgan fingerprint density at radius 3 is 2.06 bits per heavy atom. The maximum absolute atomic E-state index is 13.9. The van der Waals surface area contributed by atoms with Gasteiger partial charge in [-0.1, -0.05) is 25.7 Å². The van der Waals surface area contributed by atoms with E-state index in [1.165, 1.54) is 11.3 Å². The smallest absolute Gasteiger partial charge is 0.348 e. The summed E-state index contributed by atoms with van der Waals surface area (Å²) >= 11 is 1.17. The summed E-state index contributed by atoms with van der Waals surface area (Å²) in [6.07, 6.45) is 8.15. The van der Waals surface area contributed by atoms with Gasteiger partial charge in [0.15, 0.2) is 0 Å². The van der Waals surface area contributed by atoms with Crippen molar-refractivity contribution < 1.29 is 14.7 Å². The van der Waals surface area contributed by atoms with Crippen molar-refractivity contribution in [3.8, 4) is 11.8 Å². The number of carboxylic acid groups (broad SMARTS) is 1. The molecule has 1 aromatic heterocycles. The lowest BCUT2D eigenvalue weighted by Crippen LogP contribution is -2.53. The van der Waals surface area contributed by atoms with Gasteiger partial charge in [0.2, 0.25) is 5.91 Å². The lowest BCUT2D eigenvalue weighted by Gasteiger charge is -2.42. The van der Waals surface area contributed by atoms with E-state index in [1.807, 2.05) is 38.9 Å². The Hall–Kier alpha value is -1.84. The third kappa shape index (κ3) is 6.61. The van der Waals surface area contributed by atoms with Crippen LogP contribution in [0.15, 0.2) is 6.07 Å². The van der Waals surface area contributed by atoms with Gasteiger partial charge in [-0.15, -0.1) is 11.3 Å². The summed E-state index contributed by atoms with van der Waals surface area (Å²) in [5.41, 5.74) is 0.299. The SMILES string of the molecule is CC1CCC(C(=O)N(c2cc(C#CC(C)(C)C)sc2C(=O)O)N(C)[C@H]2CC[C@@H](C)CC2)CC1. The molecular weight excluding hydrogens is 432 g/mol. The van der Waals surface area contributed by atoms with E-state index in [-0.39, 0.29) is 28.2 Å². The molecule has 0 aromatic carbocycles. The zero-order chi connectivity index (χ0) is 24.3. The molecule has 33 heavy (non-hydrogen) atoms. The van der Waals surface area contributed by atoms with Gasteiger partial charge in [-0.05, 0) is 90.0 Å². The molecule has 1 amide bonds. The number of carbonyl (C=O) groups excluding carboxylic acids is 1. The predicted molar refractivity (Wildman–Crippen MR) is 135 cm³/mol. The molecule has 2 aliphatic rings. The van der Waals surface area contributed by atoms with Gasteiger partial charge >= 0.3 is 5.97 Å². The van der Waals surface area contributed by atoms with Crippen molar-refractivity contribution >= 4 is 28.9 Å². The molecular formula is C27H40N2O3S. The summed E-state index contributed by atoms with van der Waals surface area (Å²) in [5.74, 6) is 6.69. The monoisotopic (exact) mass is 472 g/mol. The van der Waals surface area contributed by atoms with E-state index in [0.717, 1.165) is 51.4 Å². The molecule has 3 rings (SSSR count). The largest absolute Gasteiger partial charge is 0.477 e. The van der Waals surface area contributed by atoms with Crippen molar-refractivity contribution in [2.45, 2.75) is 92.0 Å². The molecule has 0 bridgehead atoms. The fraction of sp³-hybridized carbons (Fsp3) is 0.704. The highest BCUT2D eigenvalue weighted by Crippen LogP contribution is 2.38. The molecule has 6 heteroatoms. The number of hydrogen-bond acceptors (Lipinski definition) is 4. The minimum atomic E-state index is -1.00. The molecule has 1 heterocycles. The molecule has 2 fully saturated rings. The van der Waals surface area contributed by atoms with Crippen LogP contribution in [0.25, 0.3) is 0 Å². The highest BCUT2D eigenvalue weighted by molar-refractivity contribution is 7.15. The average molecular weight is 473 g/mol. The van der Waals surface area contributed by atoms with Crippen molar-refractivity contribution in [3.63, 3.8) is 0 Å². The van der Waals surface area contributed by atoms with Crippen molar-refractivity contribution in [1.82, 2.24) is 5.01 Å². The van der Waals surface area contributed by atoms with Crippen LogP contribution in [-0.4, -0.2) is 35.1 Å². The molecule has 2 saturated carbocycles. The molecule has 1 N–H and O–H groups in total. The van der Waals surface area contributed by atoms with Gasteiger partial charge < -0.3 is 5.11 Å². The van der Waals surface area contributed by atoms with E-state index >= 15 is 0 Å². The second-order valence-corrected chi connectivity index (χ2v) is 12.3. The van der Waals surface area contributed by atoms with Crippen molar-refractivity contribution in [3.05, 3.63) is 15.8 Å². The maximum atomic E-state index is 13.9. The van der Waals surface area contributed by atoms with Gasteiger partial charge in [-0.25, -0.2) is 14.8 Å². The number of carboxylic acids is 1. The Balaban J connectivity index is 2.00. The number of nitrogens with zero attached hydrogens (tertiary/aromatic N) is 2. The molecule has 0 spiro atoms. The standard InChI is InChI=1S/C27H40N2O3S/c1-18-7-11-20(12-8-18)25(30)29(28(6)21-13-9-19(2)10-14-21)23-17-22(15-16-27(3,4)5)33-24(23)26(31)32/h17-21H,7-14H2,1-6H3,(H,31,32)/t18?,19-,20?,21+. The van der Waals surface area contributed by atoms with Crippen LogP contribution in [-0.2, 0) is 4.79 Å². The molecule has 1 aromatic rings. The third-order valence-corrected chi connectivity index (χ3v) is 8.13. The Morgan fingerprint density at radius 2 is 1.55 bits per heavy atom. The summed E-state index contributed by atoms with van der Waals surface area (Å²) in [6.45, 7) is 10.6. The van der Waals surface area contributed by atoms with Crippen LogP contribution < -0.4 is 5.01 Å². The zero-order valence-electron chi connectivity index (χ0n) is 21.1. The first kappa shape index (κ1) is 25.8. The highest BCUT2D eigenvalue weighted by atomic mass is 32.1. The first-order valence-corrected chi connectivity index (χ1v) is 13.2. The first-order chi connectivity index (χ1) is 15.5. The molecule has 5 nitrogen and oxygen atoms in total. The van der Waals surface area contributed by atoms with Gasteiger partial charge in [0, 0.05) is 24.4 Å². The number of hydrogen-bond donors (Lipinski definition) is 1. The van der Waals surface area contributed by atoms with Crippen LogP contribution in [0.4, 0.5) is 5.69 Å². The molecule has 182 valence electrons. The molecule has 0 atom stereocenters. The number of thiophene rings is 1. The van der Waals surface area contributed by atoms with Gasteiger partial charge in [-0.2, -0.15) is 0 Å². The van der Waals surface area contributed by atoms with Crippen molar-refractivity contribution in [2.75, 3.05) is 12.1 Å². The summed E-state index contributed by atoms with van der Waals surface area (Å²) in [5, 5.41) is 13.8. The lowest BCUT2D eigenvalue weighted by molar-refractivity contribution is -0.127. The van der Waals surface area contributed by atoms with Crippen LogP contribution in [0.2, 0.25) is 0 Å². The van der Waals surface area contributed by atoms with Gasteiger partial charge in [0.05, 0.1) is 10.6 Å². The number of hydrazine groups is 1. The van der Waals surface area contributed by atoms with E-state index < -0.39 is 5.97 Å². The van der Waals surface area contributed by atoms with E-state index in [2.05, 4.69) is 25.7 Å². The summed E-state index contributed by atoms with van der Waals surface area (Å²) in [4.78, 5) is 27.0. The summed E-state index contributed by atoms with van der Waals surface area (Å²) in [7, 11) is 1.97. The van der Waals surface area contributed by atoms with Crippen molar-refractivity contribution in [2.24, 2.45) is 23.2 Å². The van der Waals surface area contributed by atoms with Crippen LogP contribution in [0, 0.1) is 35.0 Å². The van der Waals surface area contributed by atoms with Crippen LogP contribution in [0.3, 0.4) is 0 Å². The van der Waals surface area contributed by atoms with E-state index in [9.17, 15) is 14.7 Å². The molecule has 0 aliphatic heterocycles. The lowest BCUT2D eigenvalue weighted by atomic mass is 9.82. The van der Waals surface area contributed by atoms with Crippen LogP contribution >= 0.6 is 11.3 Å². The first-order valence-electron chi connectivity index (χ1n) is 12.4. The quantitative estimate of drug-likeness (QED) is 0.396. The van der Waals surface area contributed by atoms with E-state index in [1.54, 1.807) is 5.01 Å². The minimum absolute atomic E-state index is 0.0404. The fourth-order valence-corrected chi connectivity index (χ4v) is 5.74. The van der Waals surface area contributed by atoms with Gasteiger partial charge in [0.25, 0.3) is 0 Å². The second-order valence-electron chi connectivity index (χ2n) is 11.2.